The number of aliphatic hydroxyl groups excluding tert-OH is 1. The zero-order valence-electron chi connectivity index (χ0n) is 11.8. The molecular weight excluding hydrogens is 254 g/mol. The predicted octanol–water partition coefficient (Wildman–Crippen LogP) is 1.97. The van der Waals surface area contributed by atoms with Crippen molar-refractivity contribution in [1.29, 1.82) is 0 Å². The quantitative estimate of drug-likeness (QED) is 0.825. The molecule has 1 unspecified atom stereocenters. The minimum Gasteiger partial charge on any atom is -0.454 e. The molecule has 0 aromatic heterocycles. The minimum atomic E-state index is -0.313. The Morgan fingerprint density at radius 3 is 2.95 bits per heavy atom. The van der Waals surface area contributed by atoms with Crippen molar-refractivity contribution in [2.75, 3.05) is 20.4 Å². The number of benzene rings is 1. The van der Waals surface area contributed by atoms with Crippen molar-refractivity contribution in [2.24, 2.45) is 0 Å². The second-order valence-electron chi connectivity index (χ2n) is 5.54. The van der Waals surface area contributed by atoms with Gasteiger partial charge in [0.2, 0.25) is 6.79 Å². The highest BCUT2D eigenvalue weighted by Crippen LogP contribution is 2.42. The third kappa shape index (κ3) is 2.41. The number of ether oxygens (including phenoxy) is 2. The number of fused-ring (bicyclic) bond motifs is 1. The third-order valence-electron chi connectivity index (χ3n) is 4.29. The van der Waals surface area contributed by atoms with Gasteiger partial charge in [-0.15, -0.1) is 0 Å². The lowest BCUT2D eigenvalue weighted by Gasteiger charge is -2.35. The van der Waals surface area contributed by atoms with E-state index in [4.69, 9.17) is 9.47 Å². The van der Waals surface area contributed by atoms with Crippen LogP contribution in [0.15, 0.2) is 30.4 Å². The van der Waals surface area contributed by atoms with E-state index in [0.29, 0.717) is 6.79 Å². The molecule has 0 radical (unpaired) electrons. The van der Waals surface area contributed by atoms with Gasteiger partial charge in [-0.3, -0.25) is 0 Å². The summed E-state index contributed by atoms with van der Waals surface area (Å²) < 4.78 is 10.9. The van der Waals surface area contributed by atoms with Crippen LogP contribution in [0.3, 0.4) is 0 Å². The summed E-state index contributed by atoms with van der Waals surface area (Å²) in [4.78, 5) is 0. The van der Waals surface area contributed by atoms with Gasteiger partial charge in [-0.05, 0) is 50.6 Å². The van der Waals surface area contributed by atoms with Crippen LogP contribution in [0.4, 0.5) is 0 Å². The lowest BCUT2D eigenvalue weighted by Crippen LogP contribution is -2.32. The van der Waals surface area contributed by atoms with Crippen LogP contribution in [0.2, 0.25) is 0 Å². The molecule has 2 N–H and O–H groups in total. The van der Waals surface area contributed by atoms with Crippen molar-refractivity contribution in [2.45, 2.75) is 30.8 Å². The van der Waals surface area contributed by atoms with Gasteiger partial charge < -0.3 is 19.9 Å². The molecule has 1 aliphatic heterocycles. The summed E-state index contributed by atoms with van der Waals surface area (Å²) >= 11 is 0. The largest absolute Gasteiger partial charge is 0.454 e. The van der Waals surface area contributed by atoms with E-state index in [9.17, 15) is 5.11 Å². The number of hydrogen-bond acceptors (Lipinski definition) is 4. The van der Waals surface area contributed by atoms with E-state index in [1.165, 1.54) is 5.56 Å². The summed E-state index contributed by atoms with van der Waals surface area (Å²) in [5.41, 5.74) is 1.21. The molecule has 0 saturated carbocycles. The zero-order chi connectivity index (χ0) is 14.0. The maximum atomic E-state index is 9.72. The Labute approximate surface area is 119 Å². The molecular formula is C16H21NO3. The highest BCUT2D eigenvalue weighted by molar-refractivity contribution is 5.48. The molecule has 0 bridgehead atoms. The van der Waals surface area contributed by atoms with Crippen LogP contribution in [0.5, 0.6) is 11.5 Å². The third-order valence-corrected chi connectivity index (χ3v) is 4.29. The molecule has 3 rings (SSSR count). The summed E-state index contributed by atoms with van der Waals surface area (Å²) in [6, 6.07) is 6.18. The number of hydrogen-bond donors (Lipinski definition) is 2. The average Bonchev–Trinajstić information content (AvgIpc) is 2.94. The summed E-state index contributed by atoms with van der Waals surface area (Å²) in [7, 11) is 1.97. The Hall–Kier alpha value is -1.52. The Bertz CT molecular complexity index is 514. The highest BCUT2D eigenvalue weighted by atomic mass is 16.7. The van der Waals surface area contributed by atoms with E-state index in [-0.39, 0.29) is 11.5 Å². The van der Waals surface area contributed by atoms with Gasteiger partial charge in [0.05, 0.1) is 6.10 Å². The molecule has 1 aliphatic carbocycles. The molecule has 4 nitrogen and oxygen atoms in total. The van der Waals surface area contributed by atoms with Gasteiger partial charge >= 0.3 is 0 Å². The van der Waals surface area contributed by atoms with Crippen LogP contribution in [-0.2, 0) is 5.41 Å². The van der Waals surface area contributed by atoms with Crippen LogP contribution < -0.4 is 14.8 Å². The van der Waals surface area contributed by atoms with E-state index >= 15 is 0 Å². The van der Waals surface area contributed by atoms with Gasteiger partial charge in [0.25, 0.3) is 0 Å². The number of aliphatic hydroxyl groups is 1. The van der Waals surface area contributed by atoms with E-state index in [2.05, 4.69) is 23.5 Å². The van der Waals surface area contributed by atoms with Gasteiger partial charge in [-0.2, -0.15) is 0 Å². The molecule has 2 atom stereocenters. The summed E-state index contributed by atoms with van der Waals surface area (Å²) in [6.45, 7) is 1.24. The van der Waals surface area contributed by atoms with Crippen LogP contribution in [0.25, 0.3) is 0 Å². The average molecular weight is 275 g/mol. The van der Waals surface area contributed by atoms with Gasteiger partial charge in [-0.25, -0.2) is 0 Å². The molecule has 1 aromatic carbocycles. The van der Waals surface area contributed by atoms with E-state index in [1.54, 1.807) is 0 Å². The number of nitrogens with one attached hydrogen (secondary N) is 1. The van der Waals surface area contributed by atoms with Crippen LogP contribution in [-0.4, -0.2) is 31.6 Å². The SMILES string of the molecule is CNCCC1(c2ccc3c(c2)OCO3)C=C[C@@H](O)CC1. The molecule has 1 aromatic rings. The molecule has 108 valence electrons. The normalized spacial score (nSPS) is 27.8. The van der Waals surface area contributed by atoms with Gasteiger partial charge in [0, 0.05) is 5.41 Å². The Morgan fingerprint density at radius 1 is 1.35 bits per heavy atom. The van der Waals surface area contributed by atoms with Crippen molar-refractivity contribution in [3.63, 3.8) is 0 Å². The lowest BCUT2D eigenvalue weighted by atomic mass is 9.70. The molecule has 4 heteroatoms. The standard InChI is InChI=1S/C16H21NO3/c1-17-9-8-16(6-4-13(18)5-7-16)12-2-3-14-15(10-12)20-11-19-14/h2-4,6,10,13,17-18H,5,7-9,11H2,1H3/t13-,16?/m1/s1. The maximum absolute atomic E-state index is 9.72. The fourth-order valence-corrected chi connectivity index (χ4v) is 3.03. The van der Waals surface area contributed by atoms with Crippen LogP contribution >= 0.6 is 0 Å². The molecule has 0 spiro atoms. The van der Waals surface area contributed by atoms with Crippen molar-refractivity contribution in [1.82, 2.24) is 5.32 Å². The summed E-state index contributed by atoms with van der Waals surface area (Å²) in [6.07, 6.45) is 6.53. The first kappa shape index (κ1) is 13.5. The molecule has 20 heavy (non-hydrogen) atoms. The van der Waals surface area contributed by atoms with Crippen molar-refractivity contribution < 1.29 is 14.6 Å². The highest BCUT2D eigenvalue weighted by Gasteiger charge is 2.33. The molecule has 0 fully saturated rings. The first-order chi connectivity index (χ1) is 9.73. The van der Waals surface area contributed by atoms with E-state index in [0.717, 1.165) is 37.3 Å². The fourth-order valence-electron chi connectivity index (χ4n) is 3.03. The number of rotatable bonds is 4. The van der Waals surface area contributed by atoms with Gasteiger partial charge in [0.1, 0.15) is 0 Å². The fraction of sp³-hybridized carbons (Fsp3) is 0.500. The van der Waals surface area contributed by atoms with E-state index in [1.807, 2.05) is 19.2 Å². The van der Waals surface area contributed by atoms with Crippen LogP contribution in [0.1, 0.15) is 24.8 Å². The molecule has 2 aliphatic rings. The van der Waals surface area contributed by atoms with Crippen LogP contribution in [0, 0.1) is 0 Å². The second kappa shape index (κ2) is 5.46. The monoisotopic (exact) mass is 275 g/mol. The number of allylic oxidation sites excluding steroid dienone is 1. The maximum Gasteiger partial charge on any atom is 0.231 e. The first-order valence-corrected chi connectivity index (χ1v) is 7.16. The molecule has 0 saturated heterocycles. The zero-order valence-corrected chi connectivity index (χ0v) is 11.8. The Balaban J connectivity index is 1.94. The topological polar surface area (TPSA) is 50.7 Å². The lowest BCUT2D eigenvalue weighted by molar-refractivity contribution is 0.173. The van der Waals surface area contributed by atoms with Crippen molar-refractivity contribution in [3.8, 4) is 11.5 Å². The molecule has 1 heterocycles. The van der Waals surface area contributed by atoms with Gasteiger partial charge in [0.15, 0.2) is 11.5 Å². The summed E-state index contributed by atoms with van der Waals surface area (Å²) in [5.74, 6) is 1.64. The van der Waals surface area contributed by atoms with Gasteiger partial charge in [-0.1, -0.05) is 18.2 Å². The molecule has 0 amide bonds. The second-order valence-corrected chi connectivity index (χ2v) is 5.54. The van der Waals surface area contributed by atoms with Crippen molar-refractivity contribution >= 4 is 0 Å². The Kier molecular flexibility index (Phi) is 3.68. The minimum absolute atomic E-state index is 0.0246. The predicted molar refractivity (Wildman–Crippen MR) is 77.2 cm³/mol. The Morgan fingerprint density at radius 2 is 2.20 bits per heavy atom. The van der Waals surface area contributed by atoms with E-state index < -0.39 is 0 Å². The first-order valence-electron chi connectivity index (χ1n) is 7.16. The van der Waals surface area contributed by atoms with Crippen molar-refractivity contribution in [3.05, 3.63) is 35.9 Å². The smallest absolute Gasteiger partial charge is 0.231 e. The summed E-state index contributed by atoms with van der Waals surface area (Å²) in [5, 5.41) is 12.9.